The van der Waals surface area contributed by atoms with Crippen molar-refractivity contribution in [2.75, 3.05) is 6.61 Å². The molecule has 48 valence electrons. The summed E-state index contributed by atoms with van der Waals surface area (Å²) in [7, 11) is 0. The molecule has 8 heavy (non-hydrogen) atoms. The Bertz CT molecular complexity index is 75.7. The molecule has 0 aromatic heterocycles. The van der Waals surface area contributed by atoms with Crippen LogP contribution in [-0.2, 0) is 0 Å². The van der Waals surface area contributed by atoms with E-state index in [2.05, 4.69) is 5.18 Å². The van der Waals surface area contributed by atoms with Crippen LogP contribution < -0.4 is 0 Å². The Morgan fingerprint density at radius 1 is 1.75 bits per heavy atom. The number of hydrogen-bond acceptors (Lipinski definition) is 4. The van der Waals surface area contributed by atoms with Gasteiger partial charge in [-0.2, -0.15) is 4.91 Å². The van der Waals surface area contributed by atoms with Gasteiger partial charge in [0.05, 0.1) is 6.61 Å². The molecule has 0 aromatic carbocycles. The van der Waals surface area contributed by atoms with Gasteiger partial charge in [-0.05, 0) is 6.92 Å². The lowest BCUT2D eigenvalue weighted by Gasteiger charge is -2.06. The molecule has 0 fully saturated rings. The number of nitroso groups, excluding NO2 is 1. The summed E-state index contributed by atoms with van der Waals surface area (Å²) in [5.74, 6) is 0. The zero-order valence-electron chi connectivity index (χ0n) is 4.61. The molecule has 0 radical (unpaired) electrons. The number of nitrogens with zero attached hydrogens (tertiary/aromatic N) is 1. The first-order valence-corrected chi connectivity index (χ1v) is 2.33. The van der Waals surface area contributed by atoms with Crippen molar-refractivity contribution in [1.29, 1.82) is 0 Å². The van der Waals surface area contributed by atoms with Crippen molar-refractivity contribution in [1.82, 2.24) is 0 Å². The van der Waals surface area contributed by atoms with Gasteiger partial charge < -0.3 is 10.2 Å². The number of aliphatic hydroxyl groups is 2. The van der Waals surface area contributed by atoms with E-state index in [-0.39, 0.29) is 0 Å². The third-order valence-electron chi connectivity index (χ3n) is 0.910. The molecule has 0 heterocycles. The predicted octanol–water partition coefficient (Wildman–Crippen LogP) is -0.505. The molecular formula is C4H9NO3. The Kier molecular flexibility index (Phi) is 3.30. The highest BCUT2D eigenvalue weighted by Gasteiger charge is 2.11. The molecule has 0 aliphatic heterocycles. The molecule has 0 saturated carbocycles. The Hall–Kier alpha value is -0.480. The van der Waals surface area contributed by atoms with Gasteiger partial charge in [-0.3, -0.25) is 0 Å². The molecule has 4 nitrogen and oxygen atoms in total. The maximum absolute atomic E-state index is 9.58. The molecule has 0 saturated heterocycles. The highest BCUT2D eigenvalue weighted by atomic mass is 16.3. The van der Waals surface area contributed by atoms with E-state index in [9.17, 15) is 4.91 Å². The summed E-state index contributed by atoms with van der Waals surface area (Å²) in [4.78, 5) is 9.58. The normalized spacial score (nSPS) is 17.4. The minimum absolute atomic E-state index is 0.410. The van der Waals surface area contributed by atoms with E-state index in [4.69, 9.17) is 10.2 Å². The quantitative estimate of drug-likeness (QED) is 0.492. The van der Waals surface area contributed by atoms with Crippen LogP contribution in [0.3, 0.4) is 0 Å². The summed E-state index contributed by atoms with van der Waals surface area (Å²) in [5.41, 5.74) is 0. The summed E-state index contributed by atoms with van der Waals surface area (Å²) >= 11 is 0. The summed E-state index contributed by atoms with van der Waals surface area (Å²) in [6.07, 6.45) is -1.01. The Labute approximate surface area is 47.1 Å². The van der Waals surface area contributed by atoms with Crippen molar-refractivity contribution in [3.8, 4) is 0 Å². The zero-order chi connectivity index (χ0) is 6.57. The average molecular weight is 119 g/mol. The molecule has 0 bridgehead atoms. The van der Waals surface area contributed by atoms with Crippen molar-refractivity contribution < 1.29 is 10.2 Å². The van der Waals surface area contributed by atoms with E-state index >= 15 is 0 Å². The van der Waals surface area contributed by atoms with Crippen LogP contribution in [0.15, 0.2) is 5.18 Å². The van der Waals surface area contributed by atoms with Crippen molar-refractivity contribution >= 4 is 0 Å². The van der Waals surface area contributed by atoms with Gasteiger partial charge in [-0.1, -0.05) is 5.18 Å². The van der Waals surface area contributed by atoms with E-state index in [1.165, 1.54) is 6.92 Å². The molecule has 4 heteroatoms. The molecule has 0 amide bonds. The summed E-state index contributed by atoms with van der Waals surface area (Å²) in [5, 5.41) is 19.3. The Morgan fingerprint density at radius 3 is 2.38 bits per heavy atom. The van der Waals surface area contributed by atoms with Gasteiger partial charge in [0.25, 0.3) is 0 Å². The van der Waals surface area contributed by atoms with Crippen LogP contribution >= 0.6 is 0 Å². The minimum Gasteiger partial charge on any atom is -0.394 e. The van der Waals surface area contributed by atoms with Crippen LogP contribution in [0.5, 0.6) is 0 Å². The van der Waals surface area contributed by atoms with Crippen molar-refractivity contribution in [2.24, 2.45) is 5.18 Å². The van der Waals surface area contributed by atoms with Gasteiger partial charge in [0.2, 0.25) is 0 Å². The molecule has 2 unspecified atom stereocenters. The molecule has 0 spiro atoms. The highest BCUT2D eigenvalue weighted by Crippen LogP contribution is 1.94. The van der Waals surface area contributed by atoms with Gasteiger partial charge >= 0.3 is 0 Å². The third kappa shape index (κ3) is 1.99. The molecule has 0 aliphatic carbocycles. The van der Waals surface area contributed by atoms with Crippen molar-refractivity contribution in [2.45, 2.75) is 19.1 Å². The largest absolute Gasteiger partial charge is 0.394 e. The summed E-state index contributed by atoms with van der Waals surface area (Å²) < 4.78 is 0. The van der Waals surface area contributed by atoms with Gasteiger partial charge in [-0.15, -0.1) is 0 Å². The SMILES string of the molecule is CC(N=O)C(O)CO. The smallest absolute Gasteiger partial charge is 0.117 e. The molecule has 0 rings (SSSR count). The van der Waals surface area contributed by atoms with E-state index in [0.29, 0.717) is 0 Å². The lowest BCUT2D eigenvalue weighted by molar-refractivity contribution is 0.0791. The summed E-state index contributed by atoms with van der Waals surface area (Å²) in [6.45, 7) is 1.03. The average Bonchev–Trinajstić information content (AvgIpc) is 1.84. The Balaban J connectivity index is 3.44. The molecule has 2 N–H and O–H groups in total. The third-order valence-corrected chi connectivity index (χ3v) is 0.910. The van der Waals surface area contributed by atoms with Crippen LogP contribution in [-0.4, -0.2) is 29.0 Å². The minimum atomic E-state index is -1.01. The fourth-order valence-electron chi connectivity index (χ4n) is 0.223. The first-order valence-electron chi connectivity index (χ1n) is 2.33. The number of rotatable bonds is 3. The first kappa shape index (κ1) is 7.52. The van der Waals surface area contributed by atoms with Crippen LogP contribution in [0, 0.1) is 4.91 Å². The highest BCUT2D eigenvalue weighted by molar-refractivity contribution is 4.67. The molecular weight excluding hydrogens is 110 g/mol. The van der Waals surface area contributed by atoms with Gasteiger partial charge in [0.15, 0.2) is 0 Å². The first-order chi connectivity index (χ1) is 3.72. The monoisotopic (exact) mass is 119 g/mol. The fraction of sp³-hybridized carbons (Fsp3) is 1.00. The predicted molar refractivity (Wildman–Crippen MR) is 28.3 cm³/mol. The van der Waals surface area contributed by atoms with Crippen LogP contribution in [0.1, 0.15) is 6.92 Å². The van der Waals surface area contributed by atoms with Crippen molar-refractivity contribution in [3.63, 3.8) is 0 Å². The van der Waals surface area contributed by atoms with E-state index in [1.807, 2.05) is 0 Å². The van der Waals surface area contributed by atoms with Crippen molar-refractivity contribution in [3.05, 3.63) is 4.91 Å². The number of hydrogen-bond donors (Lipinski definition) is 2. The lowest BCUT2D eigenvalue weighted by atomic mass is 10.2. The van der Waals surface area contributed by atoms with Gasteiger partial charge in [0, 0.05) is 0 Å². The van der Waals surface area contributed by atoms with E-state index < -0.39 is 18.8 Å². The van der Waals surface area contributed by atoms with Gasteiger partial charge in [0.1, 0.15) is 12.1 Å². The topological polar surface area (TPSA) is 69.9 Å². The Morgan fingerprint density at radius 2 is 2.25 bits per heavy atom. The fourth-order valence-corrected chi connectivity index (χ4v) is 0.223. The van der Waals surface area contributed by atoms with Crippen LogP contribution in [0.4, 0.5) is 0 Å². The van der Waals surface area contributed by atoms with E-state index in [0.717, 1.165) is 0 Å². The second-order valence-electron chi connectivity index (χ2n) is 1.60. The second-order valence-corrected chi connectivity index (χ2v) is 1.60. The summed E-state index contributed by atoms with van der Waals surface area (Å²) in [6, 6.07) is -0.708. The molecule has 2 atom stereocenters. The molecule has 0 aromatic rings. The lowest BCUT2D eigenvalue weighted by Crippen LogP contribution is -2.24. The number of aliphatic hydroxyl groups excluding tert-OH is 2. The van der Waals surface area contributed by atoms with Gasteiger partial charge in [-0.25, -0.2) is 0 Å². The maximum atomic E-state index is 9.58. The van der Waals surface area contributed by atoms with Crippen LogP contribution in [0.25, 0.3) is 0 Å². The maximum Gasteiger partial charge on any atom is 0.117 e. The standard InChI is InChI=1S/C4H9NO3/c1-3(5-8)4(7)2-6/h3-4,6-7H,2H2,1H3. The van der Waals surface area contributed by atoms with Crippen LogP contribution in [0.2, 0.25) is 0 Å². The molecule has 0 aliphatic rings. The van der Waals surface area contributed by atoms with E-state index in [1.54, 1.807) is 0 Å². The zero-order valence-corrected chi connectivity index (χ0v) is 4.61. The second kappa shape index (κ2) is 3.51.